The van der Waals surface area contributed by atoms with Crippen molar-refractivity contribution in [3.05, 3.63) is 23.8 Å². The number of carbonyl (C=O) groups is 1. The van der Waals surface area contributed by atoms with E-state index in [-0.39, 0.29) is 5.91 Å². The van der Waals surface area contributed by atoms with Crippen LogP contribution in [-0.2, 0) is 4.79 Å². The molecule has 0 spiro atoms. The molecule has 3 nitrogen and oxygen atoms in total. The van der Waals surface area contributed by atoms with Crippen molar-refractivity contribution in [3.63, 3.8) is 0 Å². The highest BCUT2D eigenvalue weighted by atomic mass is 16.5. The van der Waals surface area contributed by atoms with Crippen LogP contribution in [0.15, 0.2) is 18.2 Å². The largest absolute Gasteiger partial charge is 0.497 e. The maximum Gasteiger partial charge on any atom is 0.223 e. The van der Waals surface area contributed by atoms with Crippen LogP contribution in [0.5, 0.6) is 5.75 Å². The lowest BCUT2D eigenvalue weighted by Crippen LogP contribution is -2.23. The number of anilines is 1. The molecule has 0 radical (unpaired) electrons. The fraction of sp³-hybridized carbons (Fsp3) is 0.400. The summed E-state index contributed by atoms with van der Waals surface area (Å²) in [5, 5.41) is 0. The molecule has 0 fully saturated rings. The summed E-state index contributed by atoms with van der Waals surface area (Å²) in [7, 11) is 3.34. The molecule has 0 N–H and O–H groups in total. The van der Waals surface area contributed by atoms with Gasteiger partial charge in [0.1, 0.15) is 5.75 Å². The standard InChI is InChI=1S/C15H19NO2/c1-5-6-7-8-13-9-10-14(18-4)11-15(13)16(3)12(2)17/h9-11H,5-6H2,1-4H3. The molecule has 0 aliphatic heterocycles. The Hall–Kier alpha value is -1.95. The average molecular weight is 245 g/mol. The van der Waals surface area contributed by atoms with Crippen LogP contribution in [0.4, 0.5) is 5.69 Å². The molecule has 18 heavy (non-hydrogen) atoms. The van der Waals surface area contributed by atoms with Crippen molar-refractivity contribution in [2.75, 3.05) is 19.1 Å². The van der Waals surface area contributed by atoms with Crippen LogP contribution in [0.25, 0.3) is 0 Å². The van der Waals surface area contributed by atoms with Gasteiger partial charge < -0.3 is 9.64 Å². The van der Waals surface area contributed by atoms with E-state index in [1.54, 1.807) is 19.1 Å². The van der Waals surface area contributed by atoms with E-state index in [9.17, 15) is 4.79 Å². The van der Waals surface area contributed by atoms with Crippen molar-refractivity contribution in [2.45, 2.75) is 26.7 Å². The highest BCUT2D eigenvalue weighted by Gasteiger charge is 2.11. The maximum absolute atomic E-state index is 11.5. The van der Waals surface area contributed by atoms with Gasteiger partial charge in [-0.1, -0.05) is 18.8 Å². The summed E-state index contributed by atoms with van der Waals surface area (Å²) in [5.41, 5.74) is 1.63. The molecule has 1 amide bonds. The highest BCUT2D eigenvalue weighted by molar-refractivity contribution is 5.92. The number of hydrogen-bond donors (Lipinski definition) is 0. The Bertz CT molecular complexity index is 483. The first-order chi connectivity index (χ1) is 8.60. The van der Waals surface area contributed by atoms with Gasteiger partial charge in [-0.25, -0.2) is 0 Å². The Balaban J connectivity index is 3.17. The predicted molar refractivity (Wildman–Crippen MR) is 73.9 cm³/mol. The van der Waals surface area contributed by atoms with E-state index in [0.717, 1.165) is 29.8 Å². The molecule has 96 valence electrons. The zero-order valence-corrected chi connectivity index (χ0v) is 11.4. The number of nitrogens with zero attached hydrogens (tertiary/aromatic N) is 1. The quantitative estimate of drug-likeness (QED) is 0.766. The second-order valence-corrected chi connectivity index (χ2v) is 4.01. The number of unbranched alkanes of at least 4 members (excludes halogenated alkanes) is 1. The predicted octanol–water partition coefficient (Wildman–Crippen LogP) is 2.83. The van der Waals surface area contributed by atoms with Crippen molar-refractivity contribution in [1.29, 1.82) is 0 Å². The third kappa shape index (κ3) is 3.53. The molecule has 0 aromatic heterocycles. The van der Waals surface area contributed by atoms with Gasteiger partial charge in [0.25, 0.3) is 0 Å². The molecule has 0 heterocycles. The van der Waals surface area contributed by atoms with Crippen LogP contribution < -0.4 is 9.64 Å². The minimum absolute atomic E-state index is 0.0261. The fourth-order valence-electron chi connectivity index (χ4n) is 1.47. The molecule has 0 aliphatic rings. The first-order valence-electron chi connectivity index (χ1n) is 6.01. The van der Waals surface area contributed by atoms with E-state index >= 15 is 0 Å². The van der Waals surface area contributed by atoms with Crippen molar-refractivity contribution in [3.8, 4) is 17.6 Å². The third-order valence-corrected chi connectivity index (χ3v) is 2.64. The van der Waals surface area contributed by atoms with Gasteiger partial charge >= 0.3 is 0 Å². The van der Waals surface area contributed by atoms with Gasteiger partial charge in [0, 0.05) is 32.0 Å². The van der Waals surface area contributed by atoms with E-state index in [4.69, 9.17) is 4.74 Å². The van der Waals surface area contributed by atoms with Crippen LogP contribution in [-0.4, -0.2) is 20.1 Å². The summed E-state index contributed by atoms with van der Waals surface area (Å²) in [4.78, 5) is 13.0. The van der Waals surface area contributed by atoms with Crippen LogP contribution in [0, 0.1) is 11.8 Å². The van der Waals surface area contributed by atoms with Crippen LogP contribution in [0.3, 0.4) is 0 Å². The summed E-state index contributed by atoms with van der Waals surface area (Å²) in [6.45, 7) is 3.62. The Labute approximate surface area is 109 Å². The van der Waals surface area contributed by atoms with Crippen molar-refractivity contribution < 1.29 is 9.53 Å². The van der Waals surface area contributed by atoms with Crippen molar-refractivity contribution in [2.24, 2.45) is 0 Å². The Morgan fingerprint density at radius 2 is 2.17 bits per heavy atom. The zero-order valence-electron chi connectivity index (χ0n) is 11.4. The lowest BCUT2D eigenvalue weighted by molar-refractivity contribution is -0.116. The highest BCUT2D eigenvalue weighted by Crippen LogP contribution is 2.25. The molecule has 0 saturated carbocycles. The first kappa shape index (κ1) is 14.1. The lowest BCUT2D eigenvalue weighted by Gasteiger charge is -2.17. The molecule has 3 heteroatoms. The molecule has 1 aromatic carbocycles. The second-order valence-electron chi connectivity index (χ2n) is 4.01. The number of benzene rings is 1. The van der Waals surface area contributed by atoms with Gasteiger partial charge in [0.15, 0.2) is 0 Å². The number of ether oxygens (including phenoxy) is 1. The summed E-state index contributed by atoms with van der Waals surface area (Å²) < 4.78 is 5.18. The topological polar surface area (TPSA) is 29.5 Å². The SMILES string of the molecule is CCCC#Cc1ccc(OC)cc1N(C)C(C)=O. The molecule has 0 atom stereocenters. The van der Waals surface area contributed by atoms with Gasteiger partial charge in [-0.05, 0) is 18.6 Å². The van der Waals surface area contributed by atoms with Crippen LogP contribution in [0.2, 0.25) is 0 Å². The number of carbonyl (C=O) groups excluding carboxylic acids is 1. The molecule has 0 unspecified atom stereocenters. The average Bonchev–Trinajstić information content (AvgIpc) is 2.38. The van der Waals surface area contributed by atoms with Gasteiger partial charge in [0.2, 0.25) is 5.91 Å². The lowest BCUT2D eigenvalue weighted by atomic mass is 10.1. The third-order valence-electron chi connectivity index (χ3n) is 2.64. The Morgan fingerprint density at radius 1 is 1.44 bits per heavy atom. The fourth-order valence-corrected chi connectivity index (χ4v) is 1.47. The van der Waals surface area contributed by atoms with Gasteiger partial charge in [-0.2, -0.15) is 0 Å². The summed E-state index contributed by atoms with van der Waals surface area (Å²) >= 11 is 0. The van der Waals surface area contributed by atoms with E-state index in [2.05, 4.69) is 18.8 Å². The summed E-state index contributed by atoms with van der Waals surface area (Å²) in [6, 6.07) is 5.57. The summed E-state index contributed by atoms with van der Waals surface area (Å²) in [5.74, 6) is 6.89. The normalized spacial score (nSPS) is 9.33. The molecular weight excluding hydrogens is 226 g/mol. The summed E-state index contributed by atoms with van der Waals surface area (Å²) in [6.07, 6.45) is 1.89. The van der Waals surface area contributed by atoms with Crippen molar-refractivity contribution in [1.82, 2.24) is 0 Å². The molecule has 1 aromatic rings. The van der Waals surface area contributed by atoms with E-state index in [1.165, 1.54) is 6.92 Å². The Morgan fingerprint density at radius 3 is 2.72 bits per heavy atom. The van der Waals surface area contributed by atoms with E-state index < -0.39 is 0 Å². The van der Waals surface area contributed by atoms with E-state index in [1.807, 2.05) is 18.2 Å². The first-order valence-corrected chi connectivity index (χ1v) is 6.01. The number of amides is 1. The minimum atomic E-state index is -0.0261. The van der Waals surface area contributed by atoms with Crippen LogP contribution in [0.1, 0.15) is 32.3 Å². The van der Waals surface area contributed by atoms with Gasteiger partial charge in [0.05, 0.1) is 12.8 Å². The number of rotatable bonds is 3. The smallest absolute Gasteiger partial charge is 0.223 e. The molecule has 0 aliphatic carbocycles. The van der Waals surface area contributed by atoms with Gasteiger partial charge in [-0.3, -0.25) is 4.79 Å². The second kappa shape index (κ2) is 6.70. The van der Waals surface area contributed by atoms with Crippen molar-refractivity contribution >= 4 is 11.6 Å². The molecule has 0 saturated heterocycles. The molecule has 0 bridgehead atoms. The van der Waals surface area contributed by atoms with Crippen LogP contribution >= 0.6 is 0 Å². The molecular formula is C15H19NO2. The monoisotopic (exact) mass is 245 g/mol. The zero-order chi connectivity index (χ0) is 13.5. The van der Waals surface area contributed by atoms with Gasteiger partial charge in [-0.15, -0.1) is 0 Å². The Kier molecular flexibility index (Phi) is 5.26. The minimum Gasteiger partial charge on any atom is -0.497 e. The maximum atomic E-state index is 11.5. The number of hydrogen-bond acceptors (Lipinski definition) is 2. The van der Waals surface area contributed by atoms with E-state index in [0.29, 0.717) is 0 Å². The molecule has 1 rings (SSSR count). The number of methoxy groups -OCH3 is 1.